The molecule has 2 saturated heterocycles. The van der Waals surface area contributed by atoms with E-state index in [1.54, 1.807) is 72.9 Å². The number of carboxylic acid groups (broad SMARTS) is 1. The molecule has 0 saturated carbocycles. The number of fused-ring (bicyclic) bond motifs is 1. The van der Waals surface area contributed by atoms with Crippen molar-refractivity contribution < 1.29 is 23.1 Å². The van der Waals surface area contributed by atoms with Crippen molar-refractivity contribution in [1.29, 1.82) is 0 Å². The predicted octanol–water partition coefficient (Wildman–Crippen LogP) is 3.50. The summed E-state index contributed by atoms with van der Waals surface area (Å²) in [5, 5.41) is 9.74. The van der Waals surface area contributed by atoms with E-state index in [4.69, 9.17) is 0 Å². The van der Waals surface area contributed by atoms with Gasteiger partial charge in [0.15, 0.2) is 15.4 Å². The Hall–Kier alpha value is -3.78. The lowest BCUT2D eigenvalue weighted by Gasteiger charge is -2.50. The van der Waals surface area contributed by atoms with E-state index in [0.717, 1.165) is 4.90 Å². The van der Waals surface area contributed by atoms with Gasteiger partial charge in [-0.25, -0.2) is 13.2 Å². The molecule has 35 heavy (non-hydrogen) atoms. The van der Waals surface area contributed by atoms with Gasteiger partial charge in [0.05, 0.1) is 12.1 Å². The summed E-state index contributed by atoms with van der Waals surface area (Å²) >= 11 is 0. The van der Waals surface area contributed by atoms with Crippen molar-refractivity contribution >= 4 is 27.8 Å². The lowest BCUT2D eigenvalue weighted by Crippen LogP contribution is -2.70. The first-order valence-electron chi connectivity index (χ1n) is 11.2. The molecule has 2 fully saturated rings. The second-order valence-corrected chi connectivity index (χ2v) is 11.5. The van der Waals surface area contributed by atoms with Crippen LogP contribution in [0.1, 0.15) is 36.1 Å². The molecule has 2 aliphatic heterocycles. The highest BCUT2D eigenvalue weighted by Crippen LogP contribution is 2.60. The highest BCUT2D eigenvalue weighted by Gasteiger charge is 2.80. The number of rotatable bonds is 6. The van der Waals surface area contributed by atoms with Gasteiger partial charge in [0.1, 0.15) is 10.1 Å². The number of aliphatic carboxylic acids is 1. The Bertz CT molecular complexity index is 1370. The molecule has 0 aliphatic carbocycles. The molecule has 0 bridgehead atoms. The summed E-state index contributed by atoms with van der Waals surface area (Å²) < 4.78 is 26.1. The van der Waals surface area contributed by atoms with Crippen molar-refractivity contribution in [2.24, 2.45) is 0 Å². The van der Waals surface area contributed by atoms with Crippen LogP contribution in [0.25, 0.3) is 6.08 Å². The van der Waals surface area contributed by atoms with Crippen molar-refractivity contribution in [3.8, 4) is 0 Å². The topological polar surface area (TPSA) is 105 Å². The molecule has 0 radical (unpaired) electrons. The first kappa shape index (κ1) is 23.0. The molecule has 7 nitrogen and oxygen atoms in total. The number of sulfone groups is 1. The molecule has 3 aromatic rings. The minimum atomic E-state index is -4.13. The van der Waals surface area contributed by atoms with Gasteiger partial charge in [-0.3, -0.25) is 9.78 Å². The van der Waals surface area contributed by atoms with E-state index < -0.39 is 43.3 Å². The zero-order valence-electron chi connectivity index (χ0n) is 19.0. The molecule has 1 amide bonds. The van der Waals surface area contributed by atoms with Gasteiger partial charge < -0.3 is 10.0 Å². The van der Waals surface area contributed by atoms with Crippen molar-refractivity contribution in [3.63, 3.8) is 0 Å². The van der Waals surface area contributed by atoms with Crippen LogP contribution in [-0.2, 0) is 19.4 Å². The second-order valence-electron chi connectivity index (χ2n) is 8.99. The van der Waals surface area contributed by atoms with Gasteiger partial charge in [0, 0.05) is 12.1 Å². The summed E-state index contributed by atoms with van der Waals surface area (Å²) in [6.45, 7) is 1.42. The molecular weight excluding hydrogens is 464 g/mol. The zero-order chi connectivity index (χ0) is 24.8. The van der Waals surface area contributed by atoms with Gasteiger partial charge in [0.2, 0.25) is 5.91 Å². The predicted molar refractivity (Wildman–Crippen MR) is 131 cm³/mol. The van der Waals surface area contributed by atoms with E-state index in [1.807, 2.05) is 12.1 Å². The van der Waals surface area contributed by atoms with Crippen molar-refractivity contribution in [3.05, 3.63) is 108 Å². The summed E-state index contributed by atoms with van der Waals surface area (Å²) in [7, 11) is -4.13. The number of carbonyl (C=O) groups excluding carboxylic acids is 1. The van der Waals surface area contributed by atoms with Crippen LogP contribution >= 0.6 is 0 Å². The lowest BCUT2D eigenvalue weighted by molar-refractivity contribution is -0.169. The molecule has 2 aliphatic rings. The summed E-state index contributed by atoms with van der Waals surface area (Å²) in [5.41, 5.74) is -0.428. The molecule has 1 N–H and O–H groups in total. The number of carboxylic acids is 1. The van der Waals surface area contributed by atoms with Crippen molar-refractivity contribution in [2.75, 3.05) is 0 Å². The number of amides is 1. The van der Waals surface area contributed by atoms with E-state index in [9.17, 15) is 23.1 Å². The van der Waals surface area contributed by atoms with Crippen molar-refractivity contribution in [1.82, 2.24) is 9.88 Å². The van der Waals surface area contributed by atoms with Gasteiger partial charge in [-0.05, 0) is 36.3 Å². The van der Waals surface area contributed by atoms with E-state index >= 15 is 0 Å². The van der Waals surface area contributed by atoms with Crippen LogP contribution in [0, 0.1) is 0 Å². The smallest absolute Gasteiger partial charge is 0.332 e. The normalized spacial score (nSPS) is 27.1. The lowest BCUT2D eigenvalue weighted by atomic mass is 9.65. The number of hydrogen-bond acceptors (Lipinski definition) is 5. The SMILES string of the molecule is C[C@]1(/C=C/c2ccccn2)[C@@](C(=O)O)(C(c2ccccc2)c2ccccc2)N2C(=O)C[C@H]2S1(=O)=O. The first-order valence-corrected chi connectivity index (χ1v) is 12.8. The largest absolute Gasteiger partial charge is 0.479 e. The van der Waals surface area contributed by atoms with Gasteiger partial charge in [-0.2, -0.15) is 0 Å². The van der Waals surface area contributed by atoms with Crippen LogP contribution < -0.4 is 0 Å². The van der Waals surface area contributed by atoms with Crippen LogP contribution in [0.5, 0.6) is 0 Å². The number of pyridine rings is 1. The average Bonchev–Trinajstić information content (AvgIpc) is 2.98. The summed E-state index contributed by atoms with van der Waals surface area (Å²) in [6.07, 6.45) is 4.27. The van der Waals surface area contributed by atoms with Gasteiger partial charge >= 0.3 is 5.97 Å². The minimum absolute atomic E-state index is 0.235. The van der Waals surface area contributed by atoms with Crippen LogP contribution in [0.15, 0.2) is 91.1 Å². The quantitative estimate of drug-likeness (QED) is 0.533. The third-order valence-electron chi connectivity index (χ3n) is 7.26. The third-order valence-corrected chi connectivity index (χ3v) is 9.98. The summed E-state index contributed by atoms with van der Waals surface area (Å²) in [4.78, 5) is 31.8. The molecule has 3 atom stereocenters. The van der Waals surface area contributed by atoms with Gasteiger partial charge in [0.25, 0.3) is 0 Å². The maximum Gasteiger partial charge on any atom is 0.332 e. The Balaban J connectivity index is 1.85. The standard InChI is InChI=1S/C27H24N2O5S/c1-26(16-15-21-14-8-9-17-28-21)27(25(31)32,29-22(30)18-23(29)35(26,33)34)24(19-10-4-2-5-11-19)20-12-6-3-7-13-20/h2-17,23-24H,18H2,1H3,(H,31,32)/b16-15+/t23-,26+,27+/m1/s1. The number of hydrogen-bond donors (Lipinski definition) is 1. The number of benzene rings is 2. The number of carbonyl (C=O) groups is 2. The highest BCUT2D eigenvalue weighted by atomic mass is 32.2. The number of nitrogens with zero attached hydrogens (tertiary/aromatic N) is 2. The van der Waals surface area contributed by atoms with E-state index in [1.165, 1.54) is 19.1 Å². The Labute approximate surface area is 203 Å². The molecule has 1 aromatic heterocycles. The fourth-order valence-electron chi connectivity index (χ4n) is 5.57. The molecular formula is C27H24N2O5S. The molecule has 8 heteroatoms. The van der Waals surface area contributed by atoms with E-state index in [2.05, 4.69) is 4.98 Å². The van der Waals surface area contributed by atoms with Crippen LogP contribution in [-0.4, -0.2) is 50.9 Å². The maximum atomic E-state index is 14.0. The monoisotopic (exact) mass is 488 g/mol. The Morgan fingerprint density at radius 1 is 1.03 bits per heavy atom. The fourth-order valence-corrected chi connectivity index (χ4v) is 8.05. The second kappa shape index (κ2) is 8.16. The van der Waals surface area contributed by atoms with Gasteiger partial charge in [-0.1, -0.05) is 72.8 Å². The summed E-state index contributed by atoms with van der Waals surface area (Å²) in [6, 6.07) is 23.0. The van der Waals surface area contributed by atoms with Crippen molar-refractivity contribution in [2.45, 2.75) is 34.9 Å². The summed E-state index contributed by atoms with van der Waals surface area (Å²) in [5.74, 6) is -2.82. The van der Waals surface area contributed by atoms with Crippen LogP contribution in [0.2, 0.25) is 0 Å². The number of aromatic nitrogens is 1. The molecule has 0 spiro atoms. The van der Waals surface area contributed by atoms with E-state index in [0.29, 0.717) is 16.8 Å². The van der Waals surface area contributed by atoms with Crippen LogP contribution in [0.4, 0.5) is 0 Å². The minimum Gasteiger partial charge on any atom is -0.479 e. The molecule has 3 heterocycles. The fraction of sp³-hybridized carbons (Fsp3) is 0.222. The Morgan fingerprint density at radius 3 is 2.09 bits per heavy atom. The first-order chi connectivity index (χ1) is 16.7. The molecule has 0 unspecified atom stereocenters. The van der Waals surface area contributed by atoms with Gasteiger partial charge in [-0.15, -0.1) is 0 Å². The van der Waals surface area contributed by atoms with E-state index in [-0.39, 0.29) is 6.42 Å². The zero-order valence-corrected chi connectivity index (χ0v) is 19.8. The Kier molecular flexibility index (Phi) is 5.36. The maximum absolute atomic E-state index is 14.0. The molecule has 5 rings (SSSR count). The Morgan fingerprint density at radius 2 is 1.60 bits per heavy atom. The third kappa shape index (κ3) is 3.09. The average molecular weight is 489 g/mol. The highest BCUT2D eigenvalue weighted by molar-refractivity contribution is 7.94. The molecule has 178 valence electrons. The van der Waals surface area contributed by atoms with Crippen LogP contribution in [0.3, 0.4) is 0 Å². The number of β-lactam (4-membered cyclic amide) rings is 1. The molecule has 2 aromatic carbocycles.